The molecule has 0 N–H and O–H groups in total. The molecule has 6 rings (SSSR count). The number of aromatic nitrogens is 2. The van der Waals surface area contributed by atoms with E-state index < -0.39 is 0 Å². The Morgan fingerprint density at radius 2 is 1.33 bits per heavy atom. The van der Waals surface area contributed by atoms with Crippen LogP contribution >= 0.6 is 22.9 Å². The molecule has 4 aromatic carbocycles. The van der Waals surface area contributed by atoms with Gasteiger partial charge in [-0.3, -0.25) is 0 Å². The van der Waals surface area contributed by atoms with Gasteiger partial charge in [-0.25, -0.2) is 9.97 Å². The maximum absolute atomic E-state index is 6.50. The van der Waals surface area contributed by atoms with E-state index in [-0.39, 0.29) is 0 Å². The molecule has 0 spiro atoms. The van der Waals surface area contributed by atoms with Gasteiger partial charge in [0.25, 0.3) is 0 Å². The van der Waals surface area contributed by atoms with Crippen LogP contribution in [0.15, 0.2) is 91.0 Å². The normalized spacial score (nSPS) is 11.5. The first kappa shape index (κ1) is 17.6. The average Bonchev–Trinajstić information content (AvgIpc) is 3.17. The van der Waals surface area contributed by atoms with Crippen LogP contribution in [0.5, 0.6) is 0 Å². The Morgan fingerprint density at radius 1 is 0.633 bits per heavy atom. The maximum Gasteiger partial charge on any atom is 0.162 e. The van der Waals surface area contributed by atoms with Gasteiger partial charge < -0.3 is 0 Å². The standard InChI is InChI=1S/C26H15ClN2S/c27-24-15-21(18-11-5-8-16-7-1-2-9-17(16)18)28-26(29-24)20-12-6-14-23-25(20)19-10-3-4-13-22(19)30-23/h1-15H. The molecule has 2 heterocycles. The Bertz CT molecular complexity index is 1560. The van der Waals surface area contributed by atoms with E-state index >= 15 is 0 Å². The van der Waals surface area contributed by atoms with E-state index in [2.05, 4.69) is 77.8 Å². The lowest BCUT2D eigenvalue weighted by Gasteiger charge is -2.09. The molecule has 6 aromatic rings. The topological polar surface area (TPSA) is 25.8 Å². The van der Waals surface area contributed by atoms with Crippen molar-refractivity contribution in [2.45, 2.75) is 0 Å². The first-order valence-electron chi connectivity index (χ1n) is 9.71. The van der Waals surface area contributed by atoms with E-state index in [1.54, 1.807) is 11.3 Å². The SMILES string of the molecule is Clc1cc(-c2cccc3ccccc23)nc(-c2cccc3sc4ccccc4c23)n1. The fraction of sp³-hybridized carbons (Fsp3) is 0. The lowest BCUT2D eigenvalue weighted by Crippen LogP contribution is -1.94. The summed E-state index contributed by atoms with van der Waals surface area (Å²) in [6, 6.07) is 31.2. The second kappa shape index (κ2) is 6.91. The van der Waals surface area contributed by atoms with Crippen molar-refractivity contribution in [3.8, 4) is 22.6 Å². The summed E-state index contributed by atoms with van der Waals surface area (Å²) in [6.07, 6.45) is 0. The minimum absolute atomic E-state index is 0.444. The van der Waals surface area contributed by atoms with Crippen LogP contribution in [0.1, 0.15) is 0 Å². The molecule has 0 radical (unpaired) electrons. The van der Waals surface area contributed by atoms with Crippen LogP contribution in [-0.4, -0.2) is 9.97 Å². The molecule has 0 amide bonds. The highest BCUT2D eigenvalue weighted by Crippen LogP contribution is 2.39. The molecule has 0 aliphatic heterocycles. The van der Waals surface area contributed by atoms with E-state index in [0.29, 0.717) is 11.0 Å². The van der Waals surface area contributed by atoms with Gasteiger partial charge in [-0.15, -0.1) is 11.3 Å². The minimum atomic E-state index is 0.444. The number of fused-ring (bicyclic) bond motifs is 4. The quantitative estimate of drug-likeness (QED) is 0.264. The second-order valence-corrected chi connectivity index (χ2v) is 8.67. The number of hydrogen-bond acceptors (Lipinski definition) is 3. The first-order chi connectivity index (χ1) is 14.8. The van der Waals surface area contributed by atoms with E-state index in [1.165, 1.54) is 25.6 Å². The predicted octanol–water partition coefficient (Wildman–Crippen LogP) is 7.99. The number of thiophene rings is 1. The second-order valence-electron chi connectivity index (χ2n) is 7.20. The summed E-state index contributed by atoms with van der Waals surface area (Å²) in [7, 11) is 0. The van der Waals surface area contributed by atoms with Gasteiger partial charge >= 0.3 is 0 Å². The van der Waals surface area contributed by atoms with Crippen LogP contribution in [0.25, 0.3) is 53.6 Å². The van der Waals surface area contributed by atoms with E-state index in [0.717, 1.165) is 22.2 Å². The predicted molar refractivity (Wildman–Crippen MR) is 128 cm³/mol. The third-order valence-electron chi connectivity index (χ3n) is 5.40. The highest BCUT2D eigenvalue weighted by molar-refractivity contribution is 7.25. The number of nitrogens with zero attached hydrogens (tertiary/aromatic N) is 2. The van der Waals surface area contributed by atoms with Crippen LogP contribution in [0.3, 0.4) is 0 Å². The molecule has 2 nitrogen and oxygen atoms in total. The van der Waals surface area contributed by atoms with Crippen LogP contribution in [0.2, 0.25) is 5.15 Å². The van der Waals surface area contributed by atoms with Crippen molar-refractivity contribution in [3.63, 3.8) is 0 Å². The molecule has 0 saturated carbocycles. The third kappa shape index (κ3) is 2.78. The van der Waals surface area contributed by atoms with Crippen molar-refractivity contribution >= 4 is 53.9 Å². The number of benzene rings is 4. The highest BCUT2D eigenvalue weighted by atomic mass is 35.5. The Morgan fingerprint density at radius 3 is 2.27 bits per heavy atom. The summed E-state index contributed by atoms with van der Waals surface area (Å²) in [5, 5.41) is 5.18. The maximum atomic E-state index is 6.50. The Kier molecular flexibility index (Phi) is 4.05. The summed E-state index contributed by atoms with van der Waals surface area (Å²) in [4.78, 5) is 9.57. The van der Waals surface area contributed by atoms with Crippen LogP contribution in [0.4, 0.5) is 0 Å². The van der Waals surface area contributed by atoms with Crippen molar-refractivity contribution in [2.24, 2.45) is 0 Å². The third-order valence-corrected chi connectivity index (χ3v) is 6.73. The summed E-state index contributed by atoms with van der Waals surface area (Å²) in [5.41, 5.74) is 2.90. The van der Waals surface area contributed by atoms with Crippen molar-refractivity contribution in [1.29, 1.82) is 0 Å². The largest absolute Gasteiger partial charge is 0.228 e. The van der Waals surface area contributed by atoms with Gasteiger partial charge in [0.2, 0.25) is 0 Å². The summed E-state index contributed by atoms with van der Waals surface area (Å²) < 4.78 is 2.49. The van der Waals surface area contributed by atoms with Gasteiger partial charge in [-0.2, -0.15) is 0 Å². The van der Waals surface area contributed by atoms with Crippen molar-refractivity contribution < 1.29 is 0 Å². The Hall–Kier alpha value is -3.27. The molecular weight excluding hydrogens is 408 g/mol. The molecule has 0 atom stereocenters. The summed E-state index contributed by atoms with van der Waals surface area (Å²) in [6.45, 7) is 0. The molecular formula is C26H15ClN2S. The number of rotatable bonds is 2. The van der Waals surface area contributed by atoms with E-state index in [9.17, 15) is 0 Å². The monoisotopic (exact) mass is 422 g/mol. The van der Waals surface area contributed by atoms with Crippen molar-refractivity contribution in [3.05, 3.63) is 96.1 Å². The van der Waals surface area contributed by atoms with Crippen LogP contribution < -0.4 is 0 Å². The molecule has 142 valence electrons. The molecule has 0 fully saturated rings. The zero-order valence-electron chi connectivity index (χ0n) is 15.8. The highest BCUT2D eigenvalue weighted by Gasteiger charge is 2.15. The number of halogens is 1. The van der Waals surface area contributed by atoms with Crippen molar-refractivity contribution in [2.75, 3.05) is 0 Å². The van der Waals surface area contributed by atoms with Crippen LogP contribution in [0, 0.1) is 0 Å². The lowest BCUT2D eigenvalue weighted by molar-refractivity contribution is 1.19. The molecule has 30 heavy (non-hydrogen) atoms. The molecule has 0 saturated heterocycles. The minimum Gasteiger partial charge on any atom is -0.228 e. The van der Waals surface area contributed by atoms with Gasteiger partial charge in [0, 0.05) is 37.4 Å². The average molecular weight is 423 g/mol. The fourth-order valence-corrected chi connectivity index (χ4v) is 5.40. The first-order valence-corrected chi connectivity index (χ1v) is 10.9. The van der Waals surface area contributed by atoms with E-state index in [4.69, 9.17) is 16.6 Å². The van der Waals surface area contributed by atoms with Crippen LogP contribution in [-0.2, 0) is 0 Å². The fourth-order valence-electron chi connectivity index (χ4n) is 4.09. The summed E-state index contributed by atoms with van der Waals surface area (Å²) >= 11 is 8.28. The smallest absolute Gasteiger partial charge is 0.162 e. The number of hydrogen-bond donors (Lipinski definition) is 0. The summed E-state index contributed by atoms with van der Waals surface area (Å²) in [5.74, 6) is 0.652. The van der Waals surface area contributed by atoms with E-state index in [1.807, 2.05) is 18.2 Å². The van der Waals surface area contributed by atoms with Gasteiger partial charge in [0.1, 0.15) is 5.15 Å². The molecule has 0 aliphatic carbocycles. The lowest BCUT2D eigenvalue weighted by atomic mass is 10.0. The zero-order chi connectivity index (χ0) is 20.1. The zero-order valence-corrected chi connectivity index (χ0v) is 17.4. The van der Waals surface area contributed by atoms with Gasteiger partial charge in [0.15, 0.2) is 5.82 Å². The Labute approximate surface area is 182 Å². The van der Waals surface area contributed by atoms with Gasteiger partial charge in [-0.05, 0) is 22.9 Å². The molecule has 2 aromatic heterocycles. The van der Waals surface area contributed by atoms with Gasteiger partial charge in [-0.1, -0.05) is 84.4 Å². The molecule has 0 unspecified atom stereocenters. The molecule has 0 aliphatic rings. The Balaban J connectivity index is 1.63. The van der Waals surface area contributed by atoms with Crippen molar-refractivity contribution in [1.82, 2.24) is 9.97 Å². The van der Waals surface area contributed by atoms with Gasteiger partial charge in [0.05, 0.1) is 5.69 Å². The molecule has 4 heteroatoms. The molecule has 0 bridgehead atoms.